The summed E-state index contributed by atoms with van der Waals surface area (Å²) in [5.74, 6) is 0.927. The first-order valence-electron chi connectivity index (χ1n) is 7.53. The number of hydrogen-bond acceptors (Lipinski definition) is 1. The van der Waals surface area contributed by atoms with Crippen LogP contribution < -0.4 is 0 Å². The van der Waals surface area contributed by atoms with Crippen molar-refractivity contribution in [3.8, 4) is 0 Å². The van der Waals surface area contributed by atoms with Crippen molar-refractivity contribution in [1.82, 2.24) is 4.90 Å². The van der Waals surface area contributed by atoms with Crippen molar-refractivity contribution in [2.45, 2.75) is 26.2 Å². The number of hydrogen-bond donors (Lipinski definition) is 0. The number of amides is 1. The van der Waals surface area contributed by atoms with Gasteiger partial charge < -0.3 is 4.90 Å². The molecule has 1 heterocycles. The molecule has 3 rings (SSSR count). The third kappa shape index (κ3) is 2.55. The van der Waals surface area contributed by atoms with E-state index in [0.29, 0.717) is 0 Å². The van der Waals surface area contributed by atoms with Crippen LogP contribution in [0, 0.1) is 5.92 Å². The van der Waals surface area contributed by atoms with Gasteiger partial charge in [0.05, 0.1) is 0 Å². The van der Waals surface area contributed by atoms with E-state index in [1.54, 1.807) is 0 Å². The zero-order valence-corrected chi connectivity index (χ0v) is 12.0. The van der Waals surface area contributed by atoms with Gasteiger partial charge in [-0.25, -0.2) is 0 Å². The lowest BCUT2D eigenvalue weighted by atomic mass is 10.0. The van der Waals surface area contributed by atoms with Gasteiger partial charge in [-0.05, 0) is 42.0 Å². The van der Waals surface area contributed by atoms with Gasteiger partial charge in [0.2, 0.25) is 0 Å². The van der Waals surface area contributed by atoms with Gasteiger partial charge in [-0.15, -0.1) is 0 Å². The molecule has 0 aromatic heterocycles. The summed E-state index contributed by atoms with van der Waals surface area (Å²) in [6, 6.07) is 14.1. The molecule has 0 aliphatic carbocycles. The smallest absolute Gasteiger partial charge is 0.254 e. The molecule has 1 atom stereocenters. The number of likely N-dealkylation sites (tertiary alicyclic amines) is 1. The SMILES string of the molecule is CC1CCCN(C(=O)c2cccc3ccccc23)CC1. The Hall–Kier alpha value is -1.83. The molecular formula is C18H21NO. The van der Waals surface area contributed by atoms with Crippen LogP contribution in [0.1, 0.15) is 36.5 Å². The summed E-state index contributed by atoms with van der Waals surface area (Å²) in [5.41, 5.74) is 0.845. The molecular weight excluding hydrogens is 246 g/mol. The van der Waals surface area contributed by atoms with E-state index in [1.165, 1.54) is 6.42 Å². The van der Waals surface area contributed by atoms with E-state index in [4.69, 9.17) is 0 Å². The van der Waals surface area contributed by atoms with E-state index in [-0.39, 0.29) is 5.91 Å². The van der Waals surface area contributed by atoms with Gasteiger partial charge in [0, 0.05) is 18.7 Å². The lowest BCUT2D eigenvalue weighted by molar-refractivity contribution is 0.0762. The number of rotatable bonds is 1. The minimum Gasteiger partial charge on any atom is -0.339 e. The highest BCUT2D eigenvalue weighted by Gasteiger charge is 2.20. The monoisotopic (exact) mass is 267 g/mol. The summed E-state index contributed by atoms with van der Waals surface area (Å²) in [6.07, 6.45) is 3.48. The Morgan fingerprint density at radius 3 is 2.75 bits per heavy atom. The largest absolute Gasteiger partial charge is 0.339 e. The van der Waals surface area contributed by atoms with Crippen LogP contribution in [-0.4, -0.2) is 23.9 Å². The molecule has 0 saturated carbocycles. The minimum atomic E-state index is 0.191. The third-order valence-electron chi connectivity index (χ3n) is 4.32. The van der Waals surface area contributed by atoms with Gasteiger partial charge in [0.15, 0.2) is 0 Å². The quantitative estimate of drug-likeness (QED) is 0.761. The first-order chi connectivity index (χ1) is 9.75. The topological polar surface area (TPSA) is 20.3 Å². The Morgan fingerprint density at radius 1 is 1.05 bits per heavy atom. The molecule has 0 bridgehead atoms. The Bertz CT molecular complexity index is 614. The van der Waals surface area contributed by atoms with Crippen LogP contribution in [0.2, 0.25) is 0 Å². The molecule has 1 aliphatic heterocycles. The van der Waals surface area contributed by atoms with Crippen molar-refractivity contribution < 1.29 is 4.79 Å². The molecule has 0 N–H and O–H groups in total. The molecule has 2 heteroatoms. The van der Waals surface area contributed by atoms with Gasteiger partial charge in [-0.3, -0.25) is 4.79 Å². The number of carbonyl (C=O) groups excluding carboxylic acids is 1. The van der Waals surface area contributed by atoms with Gasteiger partial charge >= 0.3 is 0 Å². The number of carbonyl (C=O) groups is 1. The van der Waals surface area contributed by atoms with Crippen LogP contribution in [0.25, 0.3) is 10.8 Å². The highest BCUT2D eigenvalue weighted by atomic mass is 16.2. The van der Waals surface area contributed by atoms with E-state index in [1.807, 2.05) is 35.2 Å². The first-order valence-corrected chi connectivity index (χ1v) is 7.53. The molecule has 2 aromatic rings. The maximum Gasteiger partial charge on any atom is 0.254 e. The number of fused-ring (bicyclic) bond motifs is 1. The van der Waals surface area contributed by atoms with Crippen LogP contribution in [0.5, 0.6) is 0 Å². The fourth-order valence-corrected chi connectivity index (χ4v) is 3.05. The Labute approximate surface area is 120 Å². The summed E-state index contributed by atoms with van der Waals surface area (Å²) in [6.45, 7) is 4.07. The summed E-state index contributed by atoms with van der Waals surface area (Å²) < 4.78 is 0. The zero-order valence-electron chi connectivity index (χ0n) is 12.0. The van der Waals surface area contributed by atoms with Crippen LogP contribution in [0.15, 0.2) is 42.5 Å². The van der Waals surface area contributed by atoms with Crippen molar-refractivity contribution in [2.75, 3.05) is 13.1 Å². The predicted molar refractivity (Wildman–Crippen MR) is 82.9 cm³/mol. The van der Waals surface area contributed by atoms with Crippen molar-refractivity contribution in [3.63, 3.8) is 0 Å². The molecule has 1 amide bonds. The molecule has 1 aliphatic rings. The summed E-state index contributed by atoms with van der Waals surface area (Å²) in [5, 5.41) is 2.21. The highest BCUT2D eigenvalue weighted by molar-refractivity contribution is 6.07. The Kier molecular flexibility index (Phi) is 3.72. The van der Waals surface area contributed by atoms with Crippen molar-refractivity contribution in [3.05, 3.63) is 48.0 Å². The summed E-state index contributed by atoms with van der Waals surface area (Å²) in [7, 11) is 0. The lowest BCUT2D eigenvalue weighted by Crippen LogP contribution is -2.32. The maximum atomic E-state index is 12.8. The van der Waals surface area contributed by atoms with Gasteiger partial charge in [0.1, 0.15) is 0 Å². The van der Waals surface area contributed by atoms with E-state index >= 15 is 0 Å². The Balaban J connectivity index is 1.92. The van der Waals surface area contributed by atoms with Crippen LogP contribution in [-0.2, 0) is 0 Å². The molecule has 0 radical (unpaired) electrons. The third-order valence-corrected chi connectivity index (χ3v) is 4.32. The zero-order chi connectivity index (χ0) is 13.9. The molecule has 104 valence electrons. The summed E-state index contributed by atoms with van der Waals surface area (Å²) in [4.78, 5) is 14.8. The average molecular weight is 267 g/mol. The molecule has 1 fully saturated rings. The minimum absolute atomic E-state index is 0.191. The lowest BCUT2D eigenvalue weighted by Gasteiger charge is -2.21. The second-order valence-corrected chi connectivity index (χ2v) is 5.85. The van der Waals surface area contributed by atoms with Crippen molar-refractivity contribution in [1.29, 1.82) is 0 Å². The number of nitrogens with zero attached hydrogens (tertiary/aromatic N) is 1. The fraction of sp³-hybridized carbons (Fsp3) is 0.389. The molecule has 2 aromatic carbocycles. The highest BCUT2D eigenvalue weighted by Crippen LogP contribution is 2.22. The maximum absolute atomic E-state index is 12.8. The Morgan fingerprint density at radius 2 is 1.85 bits per heavy atom. The fourth-order valence-electron chi connectivity index (χ4n) is 3.05. The van der Waals surface area contributed by atoms with Crippen LogP contribution in [0.3, 0.4) is 0 Å². The molecule has 1 saturated heterocycles. The van der Waals surface area contributed by atoms with E-state index in [0.717, 1.165) is 48.2 Å². The average Bonchev–Trinajstić information content (AvgIpc) is 2.71. The normalized spacial score (nSPS) is 19.9. The molecule has 1 unspecified atom stereocenters. The standard InChI is InChI=1S/C18H21NO/c1-14-6-5-12-19(13-11-14)18(20)17-10-4-8-15-7-2-3-9-16(15)17/h2-4,7-10,14H,5-6,11-13H2,1H3. The van der Waals surface area contributed by atoms with Gasteiger partial charge in [0.25, 0.3) is 5.91 Å². The van der Waals surface area contributed by atoms with Gasteiger partial charge in [-0.1, -0.05) is 43.3 Å². The van der Waals surface area contributed by atoms with E-state index in [2.05, 4.69) is 19.1 Å². The molecule has 20 heavy (non-hydrogen) atoms. The van der Waals surface area contributed by atoms with Crippen LogP contribution in [0.4, 0.5) is 0 Å². The van der Waals surface area contributed by atoms with Crippen molar-refractivity contribution >= 4 is 16.7 Å². The van der Waals surface area contributed by atoms with Crippen LogP contribution >= 0.6 is 0 Å². The van der Waals surface area contributed by atoms with E-state index < -0.39 is 0 Å². The second-order valence-electron chi connectivity index (χ2n) is 5.85. The first kappa shape index (κ1) is 13.2. The molecule has 2 nitrogen and oxygen atoms in total. The molecule has 0 spiro atoms. The van der Waals surface area contributed by atoms with E-state index in [9.17, 15) is 4.79 Å². The second kappa shape index (κ2) is 5.66. The van der Waals surface area contributed by atoms with Crippen molar-refractivity contribution in [2.24, 2.45) is 5.92 Å². The van der Waals surface area contributed by atoms with Gasteiger partial charge in [-0.2, -0.15) is 0 Å². The summed E-state index contributed by atoms with van der Waals surface area (Å²) >= 11 is 0. The number of benzene rings is 2. The predicted octanol–water partition coefficient (Wildman–Crippen LogP) is 4.10.